The number of aromatic nitrogens is 2. The minimum Gasteiger partial charge on any atom is -0.372 e. The zero-order valence-corrected chi connectivity index (χ0v) is 17.2. The molecule has 1 aliphatic carbocycles. The van der Waals surface area contributed by atoms with Gasteiger partial charge in [0.05, 0.1) is 10.9 Å². The van der Waals surface area contributed by atoms with Crippen molar-refractivity contribution >= 4 is 10.0 Å². The van der Waals surface area contributed by atoms with E-state index in [0.717, 1.165) is 33.5 Å². The van der Waals surface area contributed by atoms with Crippen molar-refractivity contribution in [1.82, 2.24) is 14.1 Å². The normalized spacial score (nSPS) is 27.8. The largest absolute Gasteiger partial charge is 0.372 e. The first-order chi connectivity index (χ1) is 14.3. The minimum atomic E-state index is -3.37. The fourth-order valence-electron chi connectivity index (χ4n) is 4.45. The second-order valence-electron chi connectivity index (χ2n) is 8.42. The molecule has 0 unspecified atom stereocenters. The van der Waals surface area contributed by atoms with Crippen molar-refractivity contribution in [1.29, 1.82) is 0 Å². The Bertz CT molecular complexity index is 1050. The van der Waals surface area contributed by atoms with E-state index in [9.17, 15) is 17.2 Å². The fourth-order valence-corrected chi connectivity index (χ4v) is 5.98. The third-order valence-corrected chi connectivity index (χ3v) is 8.27. The van der Waals surface area contributed by atoms with Gasteiger partial charge in [0.25, 0.3) is 10.0 Å². The Morgan fingerprint density at radius 3 is 2.70 bits per heavy atom. The van der Waals surface area contributed by atoms with Crippen LogP contribution in [0.15, 0.2) is 24.4 Å². The third kappa shape index (κ3) is 3.55. The Morgan fingerprint density at radius 2 is 1.97 bits per heavy atom. The SMILES string of the molecule is N[C@H]1C[C@@H](N2Cc3cn(S(=O)(=O)C4CC4)nc3C2)CCO[C@@H]1c1cc(F)ccc1F. The minimum absolute atomic E-state index is 0.0873. The Morgan fingerprint density at radius 1 is 1.17 bits per heavy atom. The summed E-state index contributed by atoms with van der Waals surface area (Å²) in [6, 6.07) is 2.92. The number of hydrogen-bond donors (Lipinski definition) is 1. The summed E-state index contributed by atoms with van der Waals surface area (Å²) in [5.74, 6) is -1.05. The summed E-state index contributed by atoms with van der Waals surface area (Å²) in [5.41, 5.74) is 8.17. The van der Waals surface area contributed by atoms with Crippen LogP contribution in [0.2, 0.25) is 0 Å². The molecular weight excluding hydrogens is 414 g/mol. The third-order valence-electron chi connectivity index (χ3n) is 6.25. The molecule has 2 N–H and O–H groups in total. The van der Waals surface area contributed by atoms with Gasteiger partial charge >= 0.3 is 0 Å². The van der Waals surface area contributed by atoms with Gasteiger partial charge in [-0.05, 0) is 43.9 Å². The Balaban J connectivity index is 1.29. The quantitative estimate of drug-likeness (QED) is 0.786. The van der Waals surface area contributed by atoms with Gasteiger partial charge in [-0.1, -0.05) is 0 Å². The summed E-state index contributed by atoms with van der Waals surface area (Å²) in [7, 11) is -3.37. The highest BCUT2D eigenvalue weighted by Crippen LogP contribution is 2.35. The summed E-state index contributed by atoms with van der Waals surface area (Å²) in [5, 5.41) is 4.03. The van der Waals surface area contributed by atoms with E-state index in [2.05, 4.69) is 10.00 Å². The molecule has 3 aliphatic rings. The smallest absolute Gasteiger partial charge is 0.256 e. The first-order valence-corrected chi connectivity index (χ1v) is 11.7. The van der Waals surface area contributed by atoms with Gasteiger partial charge in [0.15, 0.2) is 0 Å². The Kier molecular flexibility index (Phi) is 4.92. The van der Waals surface area contributed by atoms with Crippen molar-refractivity contribution in [3.05, 3.63) is 52.9 Å². The molecule has 10 heteroatoms. The number of nitrogens with zero attached hydrogens (tertiary/aromatic N) is 3. The van der Waals surface area contributed by atoms with Gasteiger partial charge in [0.2, 0.25) is 0 Å². The predicted molar refractivity (Wildman–Crippen MR) is 105 cm³/mol. The maximum Gasteiger partial charge on any atom is 0.256 e. The Hall–Kier alpha value is -1.88. The van der Waals surface area contributed by atoms with Crippen molar-refractivity contribution in [2.45, 2.75) is 62.2 Å². The first-order valence-electron chi connectivity index (χ1n) is 10.2. The van der Waals surface area contributed by atoms with Crippen LogP contribution in [0, 0.1) is 11.6 Å². The lowest BCUT2D eigenvalue weighted by Crippen LogP contribution is -2.38. The highest BCUT2D eigenvalue weighted by Gasteiger charge is 2.40. The number of rotatable bonds is 4. The Labute approximate surface area is 173 Å². The van der Waals surface area contributed by atoms with E-state index in [4.69, 9.17) is 10.5 Å². The van der Waals surface area contributed by atoms with Crippen LogP contribution in [-0.4, -0.2) is 46.4 Å². The molecule has 2 aliphatic heterocycles. The van der Waals surface area contributed by atoms with Crippen LogP contribution < -0.4 is 5.73 Å². The van der Waals surface area contributed by atoms with E-state index in [0.29, 0.717) is 45.4 Å². The lowest BCUT2D eigenvalue weighted by atomic mass is 9.96. The molecule has 3 atom stereocenters. The van der Waals surface area contributed by atoms with Crippen LogP contribution >= 0.6 is 0 Å². The number of benzene rings is 1. The van der Waals surface area contributed by atoms with Crippen molar-refractivity contribution in [3.63, 3.8) is 0 Å². The van der Waals surface area contributed by atoms with E-state index in [1.807, 2.05) is 0 Å². The van der Waals surface area contributed by atoms with Crippen LogP contribution in [0.1, 0.15) is 48.6 Å². The van der Waals surface area contributed by atoms with E-state index in [1.165, 1.54) is 0 Å². The standard InChI is InChI=1S/C20H24F2N4O3S/c21-13-1-4-17(22)16(7-13)20-18(23)8-14(5-6-29-20)25-9-12-10-26(24-19(12)11-25)30(27,28)15-2-3-15/h1,4,7,10,14-15,18,20H,2-3,5-6,8-9,11,23H2/t14-,18-,20+/m0/s1. The molecule has 3 heterocycles. The van der Waals surface area contributed by atoms with Crippen molar-refractivity contribution in [2.75, 3.05) is 6.61 Å². The van der Waals surface area contributed by atoms with Crippen molar-refractivity contribution in [2.24, 2.45) is 5.73 Å². The molecule has 30 heavy (non-hydrogen) atoms. The molecule has 1 aromatic carbocycles. The molecule has 7 nitrogen and oxygen atoms in total. The molecular formula is C20H24F2N4O3S. The van der Waals surface area contributed by atoms with Crippen molar-refractivity contribution in [3.8, 4) is 0 Å². The van der Waals surface area contributed by atoms with Gasteiger partial charge in [-0.25, -0.2) is 17.2 Å². The van der Waals surface area contributed by atoms with Gasteiger partial charge in [-0.15, -0.1) is 0 Å². The van der Waals surface area contributed by atoms with Gasteiger partial charge in [-0.2, -0.15) is 9.19 Å². The lowest BCUT2D eigenvalue weighted by Gasteiger charge is -2.28. The molecule has 0 bridgehead atoms. The maximum atomic E-state index is 14.2. The summed E-state index contributed by atoms with van der Waals surface area (Å²) in [6.07, 6.45) is 3.58. The summed E-state index contributed by atoms with van der Waals surface area (Å²) in [4.78, 5) is 2.21. The van der Waals surface area contributed by atoms with Crippen LogP contribution in [0.5, 0.6) is 0 Å². The van der Waals surface area contributed by atoms with E-state index in [-0.39, 0.29) is 16.9 Å². The molecule has 162 valence electrons. The molecule has 5 rings (SSSR count). The van der Waals surface area contributed by atoms with Crippen molar-refractivity contribution < 1.29 is 21.9 Å². The monoisotopic (exact) mass is 438 g/mol. The molecule has 0 radical (unpaired) electrons. The van der Waals surface area contributed by atoms with Gasteiger partial charge in [-0.3, -0.25) is 4.90 Å². The molecule has 0 spiro atoms. The van der Waals surface area contributed by atoms with Crippen LogP contribution in [0.4, 0.5) is 8.78 Å². The van der Waals surface area contributed by atoms with E-state index in [1.54, 1.807) is 6.20 Å². The molecule has 1 aromatic heterocycles. The lowest BCUT2D eigenvalue weighted by molar-refractivity contribution is 0.0430. The van der Waals surface area contributed by atoms with Crippen LogP contribution in [0.3, 0.4) is 0 Å². The molecule has 0 amide bonds. The second-order valence-corrected chi connectivity index (χ2v) is 10.5. The number of nitrogens with two attached hydrogens (primary N) is 1. The molecule has 2 fully saturated rings. The summed E-state index contributed by atoms with van der Waals surface area (Å²) in [6.45, 7) is 1.51. The molecule has 1 saturated carbocycles. The fraction of sp³-hybridized carbons (Fsp3) is 0.550. The van der Waals surface area contributed by atoms with Gasteiger partial charge in [0.1, 0.15) is 17.7 Å². The highest BCUT2D eigenvalue weighted by molar-refractivity contribution is 7.90. The first kappa shape index (κ1) is 20.0. The van der Waals surface area contributed by atoms with Crippen LogP contribution in [0.25, 0.3) is 0 Å². The predicted octanol–water partition coefficient (Wildman–Crippen LogP) is 2.06. The van der Waals surface area contributed by atoms with Gasteiger partial charge in [0, 0.05) is 49.1 Å². The molecule has 2 aromatic rings. The maximum absolute atomic E-state index is 14.2. The highest BCUT2D eigenvalue weighted by atomic mass is 32.2. The second kappa shape index (κ2) is 7.37. The average Bonchev–Trinajstić information content (AvgIpc) is 3.41. The number of halogens is 2. The summed E-state index contributed by atoms with van der Waals surface area (Å²) < 4.78 is 59.6. The van der Waals surface area contributed by atoms with E-state index >= 15 is 0 Å². The number of hydrogen-bond acceptors (Lipinski definition) is 6. The number of fused-ring (bicyclic) bond motifs is 1. The topological polar surface area (TPSA) is 90.5 Å². The van der Waals surface area contributed by atoms with Crippen LogP contribution in [-0.2, 0) is 27.8 Å². The van der Waals surface area contributed by atoms with E-state index < -0.39 is 33.8 Å². The van der Waals surface area contributed by atoms with Gasteiger partial charge < -0.3 is 10.5 Å². The summed E-state index contributed by atoms with van der Waals surface area (Å²) >= 11 is 0. The number of ether oxygens (including phenoxy) is 1. The molecule has 1 saturated heterocycles. The zero-order chi connectivity index (χ0) is 21.0. The zero-order valence-electron chi connectivity index (χ0n) is 16.4. The average molecular weight is 439 g/mol.